The second-order valence-electron chi connectivity index (χ2n) is 6.92. The second-order valence-corrected chi connectivity index (χ2v) is 6.92. The molecule has 0 saturated carbocycles. The summed E-state index contributed by atoms with van der Waals surface area (Å²) in [6.07, 6.45) is 0.214. The van der Waals surface area contributed by atoms with Crippen LogP contribution in [-0.2, 0) is 12.7 Å². The minimum absolute atomic E-state index is 0.0381. The van der Waals surface area contributed by atoms with Gasteiger partial charge in [0, 0.05) is 24.5 Å². The van der Waals surface area contributed by atoms with Gasteiger partial charge in [-0.3, -0.25) is 9.88 Å². The van der Waals surface area contributed by atoms with Gasteiger partial charge in [0.1, 0.15) is 5.69 Å². The maximum atomic E-state index is 13.4. The highest BCUT2D eigenvalue weighted by Gasteiger charge is 2.36. The van der Waals surface area contributed by atoms with Gasteiger partial charge in [-0.2, -0.15) is 18.3 Å². The molecule has 1 aliphatic heterocycles. The zero-order valence-electron chi connectivity index (χ0n) is 14.9. The van der Waals surface area contributed by atoms with Gasteiger partial charge in [0.15, 0.2) is 5.65 Å². The van der Waals surface area contributed by atoms with E-state index in [4.69, 9.17) is 0 Å². The van der Waals surface area contributed by atoms with Crippen molar-refractivity contribution in [1.82, 2.24) is 24.5 Å². The maximum Gasteiger partial charge on any atom is 0.433 e. The van der Waals surface area contributed by atoms with Crippen molar-refractivity contribution < 1.29 is 13.2 Å². The van der Waals surface area contributed by atoms with Gasteiger partial charge in [-0.05, 0) is 44.5 Å². The molecule has 0 aliphatic carbocycles. The van der Waals surface area contributed by atoms with Gasteiger partial charge in [0.05, 0.1) is 17.4 Å². The fraction of sp³-hybridized carbons (Fsp3) is 0.421. The molecule has 0 bridgehead atoms. The van der Waals surface area contributed by atoms with Crippen LogP contribution in [0.4, 0.5) is 13.2 Å². The minimum atomic E-state index is -4.48. The summed E-state index contributed by atoms with van der Waals surface area (Å²) in [7, 11) is 0. The van der Waals surface area contributed by atoms with E-state index in [2.05, 4.69) is 20.0 Å². The summed E-state index contributed by atoms with van der Waals surface area (Å²) in [5.74, 6) is 0. The normalized spacial score (nSPS) is 18.9. The first-order chi connectivity index (χ1) is 12.9. The number of alkyl halides is 3. The Morgan fingerprint density at radius 1 is 1.19 bits per heavy atom. The topological polar surface area (TPSA) is 46.3 Å². The van der Waals surface area contributed by atoms with E-state index in [1.54, 1.807) is 19.2 Å². The lowest BCUT2D eigenvalue weighted by molar-refractivity contribution is -0.142. The Balaban J connectivity index is 1.71. The molecule has 3 aromatic heterocycles. The summed E-state index contributed by atoms with van der Waals surface area (Å²) in [6.45, 7) is 3.08. The molecule has 0 amide bonds. The lowest BCUT2D eigenvalue weighted by atomic mass is 9.99. The monoisotopic (exact) mass is 375 g/mol. The van der Waals surface area contributed by atoms with Gasteiger partial charge >= 0.3 is 6.18 Å². The van der Waals surface area contributed by atoms with E-state index in [9.17, 15) is 13.2 Å². The predicted molar refractivity (Wildman–Crippen MR) is 94.0 cm³/mol. The Labute approximate surface area is 154 Å². The van der Waals surface area contributed by atoms with Gasteiger partial charge in [0.2, 0.25) is 0 Å². The van der Waals surface area contributed by atoms with Crippen molar-refractivity contribution >= 4 is 5.65 Å². The van der Waals surface area contributed by atoms with Crippen LogP contribution in [0.5, 0.6) is 0 Å². The molecule has 1 saturated heterocycles. The Hall–Kier alpha value is -2.48. The second kappa shape index (κ2) is 6.92. The molecule has 27 heavy (non-hydrogen) atoms. The van der Waals surface area contributed by atoms with Crippen LogP contribution in [0.25, 0.3) is 5.65 Å². The summed E-state index contributed by atoms with van der Waals surface area (Å²) < 4.78 is 41.1. The number of halogens is 3. The number of pyridine rings is 1. The van der Waals surface area contributed by atoms with E-state index in [0.29, 0.717) is 17.9 Å². The zero-order valence-corrected chi connectivity index (χ0v) is 14.9. The molecule has 1 aliphatic rings. The lowest BCUT2D eigenvalue weighted by Gasteiger charge is -2.34. The van der Waals surface area contributed by atoms with E-state index in [1.807, 2.05) is 18.2 Å². The molecule has 3 aromatic rings. The minimum Gasteiger partial charge on any atom is -0.289 e. The first-order valence-corrected chi connectivity index (χ1v) is 9.00. The smallest absolute Gasteiger partial charge is 0.289 e. The molecular formula is C19H20F3N5. The number of fused-ring (bicyclic) bond motifs is 1. The third-order valence-electron chi connectivity index (χ3n) is 4.91. The third kappa shape index (κ3) is 3.66. The molecule has 0 spiro atoms. The number of hydrogen-bond donors (Lipinski definition) is 0. The predicted octanol–water partition coefficient (Wildman–Crippen LogP) is 4.18. The van der Waals surface area contributed by atoms with Crippen LogP contribution >= 0.6 is 0 Å². The first-order valence-electron chi connectivity index (χ1n) is 9.00. The van der Waals surface area contributed by atoms with E-state index in [1.165, 1.54) is 0 Å². The average molecular weight is 375 g/mol. The van der Waals surface area contributed by atoms with Crippen LogP contribution in [-0.4, -0.2) is 31.0 Å². The van der Waals surface area contributed by atoms with E-state index in [-0.39, 0.29) is 11.7 Å². The number of aromatic nitrogens is 4. The molecule has 8 heteroatoms. The van der Waals surface area contributed by atoms with Crippen molar-refractivity contribution in [1.29, 1.82) is 0 Å². The quantitative estimate of drug-likeness (QED) is 0.689. The summed E-state index contributed by atoms with van der Waals surface area (Å²) in [5.41, 5.74) is 1.35. The molecule has 4 heterocycles. The summed E-state index contributed by atoms with van der Waals surface area (Å²) in [5, 5.41) is 4.31. The summed E-state index contributed by atoms with van der Waals surface area (Å²) >= 11 is 0. The molecule has 0 radical (unpaired) electrons. The molecule has 142 valence electrons. The van der Waals surface area contributed by atoms with E-state index >= 15 is 0 Å². The number of nitrogens with zero attached hydrogens (tertiary/aromatic N) is 5. The van der Waals surface area contributed by atoms with Crippen molar-refractivity contribution in [2.75, 3.05) is 6.54 Å². The van der Waals surface area contributed by atoms with Crippen molar-refractivity contribution in [3.63, 3.8) is 0 Å². The first kappa shape index (κ1) is 17.9. The van der Waals surface area contributed by atoms with Crippen molar-refractivity contribution in [3.8, 4) is 0 Å². The summed E-state index contributed by atoms with van der Waals surface area (Å²) in [6, 6.07) is 8.45. The van der Waals surface area contributed by atoms with Crippen molar-refractivity contribution in [2.24, 2.45) is 0 Å². The Morgan fingerprint density at radius 3 is 2.78 bits per heavy atom. The van der Waals surface area contributed by atoms with Crippen LogP contribution < -0.4 is 0 Å². The number of rotatable bonds is 3. The van der Waals surface area contributed by atoms with Gasteiger partial charge < -0.3 is 0 Å². The fourth-order valence-electron chi connectivity index (χ4n) is 3.70. The van der Waals surface area contributed by atoms with Crippen molar-refractivity contribution in [2.45, 2.75) is 44.9 Å². The van der Waals surface area contributed by atoms with Gasteiger partial charge in [-0.1, -0.05) is 12.5 Å². The van der Waals surface area contributed by atoms with Crippen LogP contribution in [0, 0.1) is 6.92 Å². The fourth-order valence-corrected chi connectivity index (χ4v) is 3.70. The van der Waals surface area contributed by atoms with Crippen LogP contribution in [0.3, 0.4) is 0 Å². The molecule has 5 nitrogen and oxygen atoms in total. The molecule has 0 N–H and O–H groups in total. The largest absolute Gasteiger partial charge is 0.433 e. The van der Waals surface area contributed by atoms with Gasteiger partial charge in [-0.15, -0.1) is 0 Å². The highest BCUT2D eigenvalue weighted by atomic mass is 19.4. The number of hydrogen-bond acceptors (Lipinski definition) is 4. The molecule has 1 fully saturated rings. The van der Waals surface area contributed by atoms with Crippen molar-refractivity contribution in [3.05, 3.63) is 59.3 Å². The summed E-state index contributed by atoms with van der Waals surface area (Å²) in [4.78, 5) is 10.9. The highest BCUT2D eigenvalue weighted by molar-refractivity contribution is 5.43. The average Bonchev–Trinajstić information content (AvgIpc) is 3.05. The molecule has 1 atom stereocenters. The number of aryl methyl sites for hydroxylation is 1. The Kier molecular flexibility index (Phi) is 4.59. The molecule has 0 unspecified atom stereocenters. The number of piperidine rings is 1. The zero-order chi connectivity index (χ0) is 19.0. The van der Waals surface area contributed by atoms with Crippen LogP contribution in [0.1, 0.15) is 48.1 Å². The Bertz CT molecular complexity index is 936. The maximum absolute atomic E-state index is 13.4. The SMILES string of the molecule is Cc1cc(C(F)(F)F)n2nc([C@H]3CCCCN3Cc3ccccn3)cc2n1. The molecule has 0 aromatic carbocycles. The number of likely N-dealkylation sites (tertiary alicyclic amines) is 1. The molecule has 4 rings (SSSR count). The Morgan fingerprint density at radius 2 is 2.04 bits per heavy atom. The standard InChI is InChI=1S/C19H20F3N5/c1-13-10-17(19(20,21)22)27-18(24-13)11-15(25-27)16-7-3-5-9-26(16)12-14-6-2-4-8-23-14/h2,4,6,8,10-11,16H,3,5,7,9,12H2,1H3/t16-/m1/s1. The third-order valence-corrected chi connectivity index (χ3v) is 4.91. The lowest BCUT2D eigenvalue weighted by Crippen LogP contribution is -2.33. The van der Waals surface area contributed by atoms with Gasteiger partial charge in [-0.25, -0.2) is 9.50 Å². The van der Waals surface area contributed by atoms with Crippen LogP contribution in [0.15, 0.2) is 36.5 Å². The van der Waals surface area contributed by atoms with E-state index < -0.39 is 11.9 Å². The van der Waals surface area contributed by atoms with Crippen LogP contribution in [0.2, 0.25) is 0 Å². The van der Waals surface area contributed by atoms with Gasteiger partial charge in [0.25, 0.3) is 0 Å². The van der Waals surface area contributed by atoms with E-state index in [0.717, 1.165) is 42.1 Å². The highest BCUT2D eigenvalue weighted by Crippen LogP contribution is 2.34. The molecular weight excluding hydrogens is 355 g/mol.